The van der Waals surface area contributed by atoms with Gasteiger partial charge >= 0.3 is 25.7 Å². The Morgan fingerprint density at radius 2 is 0.862 bits per heavy atom. The zero-order chi connectivity index (χ0) is 42.8. The van der Waals surface area contributed by atoms with Gasteiger partial charge in [0.1, 0.15) is 12.6 Å². The first-order valence-corrected chi connectivity index (χ1v) is 25.2. The van der Waals surface area contributed by atoms with Gasteiger partial charge in [0.2, 0.25) is 0 Å². The molecular formula is C46H88NO10P. The molecule has 0 aromatic rings. The second kappa shape index (κ2) is 41.9. The zero-order valence-electron chi connectivity index (χ0n) is 37.2. The second-order valence-corrected chi connectivity index (χ2v) is 17.7. The summed E-state index contributed by atoms with van der Waals surface area (Å²) in [4.78, 5) is 46.0. The molecule has 0 saturated heterocycles. The van der Waals surface area contributed by atoms with Crippen LogP contribution in [0.15, 0.2) is 12.2 Å². The number of hydrogen-bond acceptors (Lipinski definition) is 9. The lowest BCUT2D eigenvalue weighted by Crippen LogP contribution is -2.34. The molecule has 4 N–H and O–H groups in total. The Bertz CT molecular complexity index is 1040. The number of carbonyl (C=O) groups is 3. The van der Waals surface area contributed by atoms with Crippen LogP contribution in [-0.2, 0) is 37.5 Å². The highest BCUT2D eigenvalue weighted by Gasteiger charge is 2.28. The van der Waals surface area contributed by atoms with E-state index in [2.05, 4.69) is 30.5 Å². The highest BCUT2D eigenvalue weighted by atomic mass is 31.2. The number of ether oxygens (including phenoxy) is 2. The van der Waals surface area contributed by atoms with Crippen molar-refractivity contribution in [3.63, 3.8) is 0 Å². The third-order valence-electron chi connectivity index (χ3n) is 10.5. The van der Waals surface area contributed by atoms with Crippen molar-refractivity contribution >= 4 is 25.7 Å². The number of nitrogens with two attached hydrogens (primary N) is 1. The first-order chi connectivity index (χ1) is 28.1. The number of unbranched alkanes of at least 4 members (excludes halogenated alkanes) is 29. The minimum atomic E-state index is -4.71. The van der Waals surface area contributed by atoms with Crippen molar-refractivity contribution in [1.82, 2.24) is 0 Å². The van der Waals surface area contributed by atoms with E-state index in [4.69, 9.17) is 24.8 Å². The molecule has 0 bridgehead atoms. The van der Waals surface area contributed by atoms with Gasteiger partial charge in [-0.15, -0.1) is 0 Å². The third kappa shape index (κ3) is 41.0. The average molecular weight is 846 g/mol. The maximum atomic E-state index is 12.7. The smallest absolute Gasteiger partial charge is 0.472 e. The summed E-state index contributed by atoms with van der Waals surface area (Å²) in [5, 5.41) is 8.90. The fourth-order valence-corrected chi connectivity index (χ4v) is 7.55. The number of allylic oxidation sites excluding steroid dienone is 2. The van der Waals surface area contributed by atoms with Gasteiger partial charge in [-0.3, -0.25) is 23.4 Å². The van der Waals surface area contributed by atoms with E-state index in [1.165, 1.54) is 135 Å². The minimum Gasteiger partial charge on any atom is -0.480 e. The largest absolute Gasteiger partial charge is 0.480 e. The Hall–Kier alpha value is -1.78. The number of phosphoric acid groups is 1. The van der Waals surface area contributed by atoms with Gasteiger partial charge < -0.3 is 25.2 Å². The van der Waals surface area contributed by atoms with Crippen LogP contribution < -0.4 is 5.73 Å². The SMILES string of the molecule is CCCCCCCCC=CCCCCCCCC(=O)OCC(COP(=O)(O)OCC(N)C(=O)O)OC(=O)CCCCCCCCCCCCCCCCCCCCC. The topological polar surface area (TPSA) is 172 Å². The molecule has 0 aromatic heterocycles. The number of carboxylic acids is 1. The molecule has 12 heteroatoms. The Balaban J connectivity index is 4.27. The summed E-state index contributed by atoms with van der Waals surface area (Å²) in [7, 11) is -4.71. The van der Waals surface area contributed by atoms with Crippen LogP contribution in [0.1, 0.15) is 232 Å². The molecule has 0 radical (unpaired) electrons. The molecule has 0 spiro atoms. The summed E-state index contributed by atoms with van der Waals surface area (Å²) < 4.78 is 32.8. The number of hydrogen-bond donors (Lipinski definition) is 3. The quantitative estimate of drug-likeness (QED) is 0.0230. The summed E-state index contributed by atoms with van der Waals surface area (Å²) in [6.07, 6.45) is 42.7. The van der Waals surface area contributed by atoms with E-state index in [-0.39, 0.29) is 19.4 Å². The molecule has 3 unspecified atom stereocenters. The van der Waals surface area contributed by atoms with E-state index < -0.39 is 51.1 Å². The van der Waals surface area contributed by atoms with Crippen molar-refractivity contribution in [3.8, 4) is 0 Å². The van der Waals surface area contributed by atoms with E-state index in [1.54, 1.807) is 0 Å². The molecule has 0 heterocycles. The molecule has 11 nitrogen and oxygen atoms in total. The number of aliphatic carboxylic acids is 1. The number of carbonyl (C=O) groups excluding carboxylic acids is 2. The Labute approximate surface area is 354 Å². The molecule has 0 aromatic carbocycles. The molecule has 0 aliphatic carbocycles. The molecule has 58 heavy (non-hydrogen) atoms. The number of esters is 2. The van der Waals surface area contributed by atoms with E-state index in [0.717, 1.165) is 57.8 Å². The van der Waals surface area contributed by atoms with Gasteiger partial charge in [0, 0.05) is 12.8 Å². The Morgan fingerprint density at radius 1 is 0.517 bits per heavy atom. The van der Waals surface area contributed by atoms with E-state index in [0.29, 0.717) is 12.8 Å². The Kier molecular flexibility index (Phi) is 40.6. The first-order valence-electron chi connectivity index (χ1n) is 23.7. The molecule has 0 amide bonds. The van der Waals surface area contributed by atoms with Crippen molar-refractivity contribution in [2.45, 2.75) is 244 Å². The van der Waals surface area contributed by atoms with Crippen molar-refractivity contribution in [2.24, 2.45) is 5.73 Å². The van der Waals surface area contributed by atoms with Crippen LogP contribution in [0, 0.1) is 0 Å². The molecule has 0 rings (SSSR count). The second-order valence-electron chi connectivity index (χ2n) is 16.2. The molecule has 0 saturated carbocycles. The van der Waals surface area contributed by atoms with Crippen molar-refractivity contribution < 1.29 is 47.5 Å². The maximum Gasteiger partial charge on any atom is 0.472 e. The molecule has 342 valence electrons. The van der Waals surface area contributed by atoms with E-state index >= 15 is 0 Å². The van der Waals surface area contributed by atoms with Crippen LogP contribution in [0.2, 0.25) is 0 Å². The lowest BCUT2D eigenvalue weighted by atomic mass is 10.0. The Morgan fingerprint density at radius 3 is 1.26 bits per heavy atom. The fraction of sp³-hybridized carbons (Fsp3) is 0.891. The molecular weight excluding hydrogens is 757 g/mol. The predicted molar refractivity (Wildman–Crippen MR) is 236 cm³/mol. The average Bonchev–Trinajstić information content (AvgIpc) is 3.20. The van der Waals surface area contributed by atoms with Gasteiger partial charge in [-0.1, -0.05) is 193 Å². The number of rotatable bonds is 45. The van der Waals surface area contributed by atoms with Gasteiger partial charge in [0.15, 0.2) is 6.10 Å². The lowest BCUT2D eigenvalue weighted by Gasteiger charge is -2.20. The van der Waals surface area contributed by atoms with E-state index in [9.17, 15) is 23.8 Å². The fourth-order valence-electron chi connectivity index (χ4n) is 6.77. The molecule has 0 aliphatic rings. The predicted octanol–water partition coefficient (Wildman–Crippen LogP) is 12.8. The molecule has 0 fully saturated rings. The summed E-state index contributed by atoms with van der Waals surface area (Å²) in [6, 6.07) is -1.52. The van der Waals surface area contributed by atoms with Crippen LogP contribution in [-0.4, -0.2) is 59.9 Å². The lowest BCUT2D eigenvalue weighted by molar-refractivity contribution is -0.161. The normalized spacial score (nSPS) is 13.7. The van der Waals surface area contributed by atoms with Crippen molar-refractivity contribution in [1.29, 1.82) is 0 Å². The van der Waals surface area contributed by atoms with E-state index in [1.807, 2.05) is 0 Å². The van der Waals surface area contributed by atoms with Crippen LogP contribution >= 0.6 is 7.82 Å². The third-order valence-corrected chi connectivity index (χ3v) is 11.5. The van der Waals surface area contributed by atoms with Crippen LogP contribution in [0.5, 0.6) is 0 Å². The van der Waals surface area contributed by atoms with Crippen LogP contribution in [0.3, 0.4) is 0 Å². The summed E-state index contributed by atoms with van der Waals surface area (Å²) in [6.45, 7) is 2.83. The number of phosphoric ester groups is 1. The minimum absolute atomic E-state index is 0.166. The van der Waals surface area contributed by atoms with Gasteiger partial charge in [-0.05, 0) is 38.5 Å². The monoisotopic (exact) mass is 846 g/mol. The first kappa shape index (κ1) is 56.2. The van der Waals surface area contributed by atoms with Gasteiger partial charge in [-0.25, -0.2) is 4.57 Å². The summed E-state index contributed by atoms with van der Waals surface area (Å²) in [5.74, 6) is -2.37. The standard InChI is InChI=1S/C46H88NO10P/c1-3-5-7-9-11-13-15-17-19-20-21-22-24-26-28-30-32-34-36-38-45(49)57-42(40-55-58(52,53)56-41-43(47)46(50)51)39-54-44(48)37-35-33-31-29-27-25-23-18-16-14-12-10-8-6-4-2/h18,23,42-43H,3-17,19-22,24-41,47H2,1-2H3,(H,50,51)(H,52,53). The highest BCUT2D eigenvalue weighted by Crippen LogP contribution is 2.43. The molecule has 0 aliphatic heterocycles. The molecule has 3 atom stereocenters. The summed E-state index contributed by atoms with van der Waals surface area (Å²) >= 11 is 0. The zero-order valence-corrected chi connectivity index (χ0v) is 38.1. The highest BCUT2D eigenvalue weighted by molar-refractivity contribution is 7.47. The van der Waals surface area contributed by atoms with Crippen molar-refractivity contribution in [3.05, 3.63) is 12.2 Å². The van der Waals surface area contributed by atoms with Gasteiger partial charge in [-0.2, -0.15) is 0 Å². The van der Waals surface area contributed by atoms with Crippen molar-refractivity contribution in [2.75, 3.05) is 19.8 Å². The maximum absolute atomic E-state index is 12.7. The van der Waals surface area contributed by atoms with Crippen LogP contribution in [0.25, 0.3) is 0 Å². The summed E-state index contributed by atoms with van der Waals surface area (Å²) in [5.41, 5.74) is 5.34. The van der Waals surface area contributed by atoms with Gasteiger partial charge in [0.25, 0.3) is 0 Å². The van der Waals surface area contributed by atoms with Gasteiger partial charge in [0.05, 0.1) is 13.2 Å². The van der Waals surface area contributed by atoms with Crippen LogP contribution in [0.4, 0.5) is 0 Å². The number of carboxylic acid groups (broad SMARTS) is 1.